The van der Waals surface area contributed by atoms with E-state index in [-0.39, 0.29) is 5.91 Å². The van der Waals surface area contributed by atoms with Crippen molar-refractivity contribution in [3.05, 3.63) is 84.4 Å². The monoisotopic (exact) mass is 418 g/mol. The minimum absolute atomic E-state index is 0.211. The van der Waals surface area contributed by atoms with Crippen LogP contribution in [0.5, 0.6) is 0 Å². The normalized spacial score (nSPS) is 10.8. The summed E-state index contributed by atoms with van der Waals surface area (Å²) in [6.07, 6.45) is 3.42. The number of para-hydroxylation sites is 2. The molecule has 0 spiro atoms. The maximum absolute atomic E-state index is 12.9. The molecular formula is C23H22N4O2S. The molecule has 2 aromatic carbocycles. The van der Waals surface area contributed by atoms with Gasteiger partial charge in [0.25, 0.3) is 5.91 Å². The van der Waals surface area contributed by atoms with Crippen LogP contribution in [-0.4, -0.2) is 36.0 Å². The van der Waals surface area contributed by atoms with Gasteiger partial charge in [-0.3, -0.25) is 4.79 Å². The Hall–Kier alpha value is -3.32. The van der Waals surface area contributed by atoms with Crippen LogP contribution in [0, 0.1) is 0 Å². The van der Waals surface area contributed by atoms with Crippen molar-refractivity contribution < 1.29 is 9.21 Å². The van der Waals surface area contributed by atoms with Crippen molar-refractivity contribution in [2.45, 2.75) is 10.9 Å². The lowest BCUT2D eigenvalue weighted by Crippen LogP contribution is -2.33. The fourth-order valence-corrected chi connectivity index (χ4v) is 3.98. The van der Waals surface area contributed by atoms with Crippen LogP contribution in [0.4, 0.5) is 5.69 Å². The van der Waals surface area contributed by atoms with E-state index < -0.39 is 0 Å². The Bertz CT molecular complexity index is 1120. The van der Waals surface area contributed by atoms with Gasteiger partial charge in [-0.1, -0.05) is 48.2 Å². The second-order valence-corrected chi connectivity index (χ2v) is 7.68. The third-order valence-electron chi connectivity index (χ3n) is 4.72. The van der Waals surface area contributed by atoms with Crippen LogP contribution in [0.2, 0.25) is 0 Å². The molecule has 0 atom stereocenters. The van der Waals surface area contributed by atoms with Gasteiger partial charge in [-0.05, 0) is 24.3 Å². The van der Waals surface area contributed by atoms with Gasteiger partial charge >= 0.3 is 0 Å². The van der Waals surface area contributed by atoms with Crippen LogP contribution in [0.3, 0.4) is 0 Å². The number of thioether (sulfide) groups is 1. The highest BCUT2D eigenvalue weighted by Gasteiger charge is 2.20. The van der Waals surface area contributed by atoms with Crippen LogP contribution in [-0.2, 0) is 5.75 Å². The van der Waals surface area contributed by atoms with Crippen molar-refractivity contribution in [1.82, 2.24) is 15.3 Å². The minimum Gasteiger partial charge on any atom is -0.451 e. The first-order chi connectivity index (χ1) is 14.7. The number of furan rings is 1. The summed E-state index contributed by atoms with van der Waals surface area (Å²) >= 11 is 1.48. The predicted molar refractivity (Wildman–Crippen MR) is 120 cm³/mol. The summed E-state index contributed by atoms with van der Waals surface area (Å²) in [7, 11) is 2.00. The molecule has 0 saturated carbocycles. The summed E-state index contributed by atoms with van der Waals surface area (Å²) in [5, 5.41) is 4.59. The van der Waals surface area contributed by atoms with Crippen molar-refractivity contribution in [3.63, 3.8) is 0 Å². The van der Waals surface area contributed by atoms with Gasteiger partial charge < -0.3 is 14.6 Å². The van der Waals surface area contributed by atoms with Crippen LogP contribution in [0.15, 0.2) is 82.6 Å². The number of likely N-dealkylation sites (N-methyl/N-ethyl adjacent to an activating group) is 1. The Balaban J connectivity index is 1.46. The first kappa shape index (κ1) is 20.0. The Morgan fingerprint density at radius 3 is 2.57 bits per heavy atom. The summed E-state index contributed by atoms with van der Waals surface area (Å²) < 4.78 is 5.91. The maximum Gasteiger partial charge on any atom is 0.287 e. The van der Waals surface area contributed by atoms with Crippen molar-refractivity contribution in [3.8, 4) is 0 Å². The molecular weight excluding hydrogens is 396 g/mol. The van der Waals surface area contributed by atoms with Gasteiger partial charge in [0.15, 0.2) is 10.9 Å². The number of benzene rings is 2. The molecule has 152 valence electrons. The van der Waals surface area contributed by atoms with Crippen LogP contribution >= 0.6 is 11.8 Å². The lowest BCUT2D eigenvalue weighted by atomic mass is 10.1. The molecule has 0 fully saturated rings. The highest BCUT2D eigenvalue weighted by atomic mass is 32.2. The van der Waals surface area contributed by atoms with Crippen LogP contribution in [0.1, 0.15) is 16.1 Å². The van der Waals surface area contributed by atoms with E-state index >= 15 is 0 Å². The summed E-state index contributed by atoms with van der Waals surface area (Å²) in [6, 6.07) is 19.6. The number of hydrogen-bond acceptors (Lipinski definition) is 6. The zero-order valence-electron chi connectivity index (χ0n) is 16.6. The number of carbonyl (C=O) groups excluding carboxylic acids is 1. The predicted octanol–water partition coefficient (Wildman–Crippen LogP) is 4.38. The third-order valence-corrected chi connectivity index (χ3v) is 5.62. The van der Waals surface area contributed by atoms with E-state index in [2.05, 4.69) is 20.2 Å². The van der Waals surface area contributed by atoms with E-state index in [0.717, 1.165) is 16.6 Å². The van der Waals surface area contributed by atoms with E-state index in [1.165, 1.54) is 11.8 Å². The number of rotatable bonds is 8. The zero-order chi connectivity index (χ0) is 20.8. The summed E-state index contributed by atoms with van der Waals surface area (Å²) in [5.41, 5.74) is 2.67. The SMILES string of the molecule is CN(CCNC(=O)c1oc2ccccc2c1CSc1ncccn1)c1ccccc1. The van der Waals surface area contributed by atoms with Gasteiger partial charge in [0, 0.05) is 54.9 Å². The molecule has 0 aliphatic rings. The Labute approximate surface area is 179 Å². The molecule has 30 heavy (non-hydrogen) atoms. The molecule has 1 amide bonds. The topological polar surface area (TPSA) is 71.3 Å². The van der Waals surface area contributed by atoms with Gasteiger partial charge in [-0.15, -0.1) is 0 Å². The van der Waals surface area contributed by atoms with Crippen molar-refractivity contribution in [1.29, 1.82) is 0 Å². The highest BCUT2D eigenvalue weighted by Crippen LogP contribution is 2.30. The molecule has 2 aromatic heterocycles. The number of fused-ring (bicyclic) bond motifs is 1. The smallest absolute Gasteiger partial charge is 0.287 e. The third kappa shape index (κ3) is 4.63. The molecule has 0 unspecified atom stereocenters. The van der Waals surface area contributed by atoms with Crippen molar-refractivity contribution >= 4 is 34.3 Å². The van der Waals surface area contributed by atoms with Gasteiger partial charge in [-0.2, -0.15) is 0 Å². The van der Waals surface area contributed by atoms with Crippen molar-refractivity contribution in [2.24, 2.45) is 0 Å². The first-order valence-corrected chi connectivity index (χ1v) is 10.7. The Morgan fingerprint density at radius 1 is 1.03 bits per heavy atom. The number of aromatic nitrogens is 2. The summed E-state index contributed by atoms with van der Waals surface area (Å²) in [5.74, 6) is 0.687. The standard InChI is InChI=1S/C23H22N4O2S/c1-27(17-8-3-2-4-9-17)15-14-24-22(28)21-19(16-30-23-25-12-7-13-26-23)18-10-5-6-11-20(18)29-21/h2-13H,14-16H2,1H3,(H,24,28). The molecule has 1 N–H and O–H groups in total. The molecule has 0 saturated heterocycles. The van der Waals surface area contributed by atoms with E-state index in [0.29, 0.717) is 35.3 Å². The molecule has 2 heterocycles. The molecule has 4 aromatic rings. The molecule has 0 bridgehead atoms. The second-order valence-electron chi connectivity index (χ2n) is 6.74. The van der Waals surface area contributed by atoms with Gasteiger partial charge in [0.1, 0.15) is 5.58 Å². The molecule has 0 aliphatic carbocycles. The number of nitrogens with zero attached hydrogens (tertiary/aromatic N) is 3. The number of carbonyl (C=O) groups is 1. The highest BCUT2D eigenvalue weighted by molar-refractivity contribution is 7.98. The van der Waals surface area contributed by atoms with E-state index in [9.17, 15) is 4.79 Å². The minimum atomic E-state index is -0.211. The Morgan fingerprint density at radius 2 is 1.77 bits per heavy atom. The fourth-order valence-electron chi connectivity index (χ4n) is 3.15. The lowest BCUT2D eigenvalue weighted by molar-refractivity contribution is 0.0928. The summed E-state index contributed by atoms with van der Waals surface area (Å²) in [4.78, 5) is 23.5. The molecule has 4 rings (SSSR count). The first-order valence-electron chi connectivity index (χ1n) is 9.67. The molecule has 7 heteroatoms. The van der Waals surface area contributed by atoms with Gasteiger partial charge in [-0.25, -0.2) is 9.97 Å². The Kier molecular flexibility index (Phi) is 6.29. The average molecular weight is 419 g/mol. The largest absolute Gasteiger partial charge is 0.451 e. The van der Waals surface area contributed by atoms with Crippen molar-refractivity contribution in [2.75, 3.05) is 25.0 Å². The average Bonchev–Trinajstić information content (AvgIpc) is 3.17. The fraction of sp³-hybridized carbons (Fsp3) is 0.174. The van der Waals surface area contributed by atoms with E-state index in [1.807, 2.05) is 61.6 Å². The van der Waals surface area contributed by atoms with Gasteiger partial charge in [0.05, 0.1) is 0 Å². The van der Waals surface area contributed by atoms with E-state index in [1.54, 1.807) is 18.5 Å². The van der Waals surface area contributed by atoms with Crippen LogP contribution < -0.4 is 10.2 Å². The quantitative estimate of drug-likeness (QED) is 0.338. The maximum atomic E-state index is 12.9. The zero-order valence-corrected chi connectivity index (χ0v) is 17.4. The summed E-state index contributed by atoms with van der Waals surface area (Å²) in [6.45, 7) is 1.20. The number of amides is 1. The molecule has 6 nitrogen and oxygen atoms in total. The molecule has 0 aliphatic heterocycles. The molecule has 0 radical (unpaired) electrons. The lowest BCUT2D eigenvalue weighted by Gasteiger charge is -2.19. The number of anilines is 1. The van der Waals surface area contributed by atoms with E-state index in [4.69, 9.17) is 4.42 Å². The van der Waals surface area contributed by atoms with Gasteiger partial charge in [0.2, 0.25) is 0 Å². The number of hydrogen-bond donors (Lipinski definition) is 1. The van der Waals surface area contributed by atoms with Crippen LogP contribution in [0.25, 0.3) is 11.0 Å². The second kappa shape index (κ2) is 9.45. The number of nitrogens with one attached hydrogen (secondary N) is 1.